The van der Waals surface area contributed by atoms with Gasteiger partial charge in [-0.2, -0.15) is 0 Å². The Kier molecular flexibility index (Phi) is 5.92. The van der Waals surface area contributed by atoms with Crippen LogP contribution in [0.2, 0.25) is 0 Å². The van der Waals surface area contributed by atoms with Crippen LogP contribution < -0.4 is 5.43 Å². The topological polar surface area (TPSA) is 70.7 Å². The standard InChI is InChI=1S/C25H26O4/c1-15(2)5-7-17-11-19(12-18(24(17)27)8-6-16(3)4)22-14-29-23-13-20(26)9-10-21(23)25(22)28/h5-6,9-14,26-27H,7-8H2,1-4H3. The van der Waals surface area contributed by atoms with Gasteiger partial charge in [-0.3, -0.25) is 4.79 Å². The highest BCUT2D eigenvalue weighted by molar-refractivity contribution is 5.83. The van der Waals surface area contributed by atoms with Gasteiger partial charge in [0.05, 0.1) is 10.9 Å². The van der Waals surface area contributed by atoms with E-state index in [1.54, 1.807) is 6.07 Å². The second-order valence-electron chi connectivity index (χ2n) is 7.77. The predicted octanol–water partition coefficient (Wildman–Crippen LogP) is 5.89. The van der Waals surface area contributed by atoms with Crippen molar-refractivity contribution in [3.05, 3.63) is 81.2 Å². The van der Waals surface area contributed by atoms with Crippen LogP contribution in [-0.2, 0) is 12.8 Å². The van der Waals surface area contributed by atoms with Crippen LogP contribution in [0.15, 0.2) is 69.1 Å². The monoisotopic (exact) mass is 390 g/mol. The normalized spacial score (nSPS) is 10.8. The molecule has 0 aliphatic heterocycles. The van der Waals surface area contributed by atoms with Gasteiger partial charge < -0.3 is 14.6 Å². The number of allylic oxidation sites excluding steroid dienone is 4. The van der Waals surface area contributed by atoms with E-state index in [1.165, 1.54) is 18.4 Å². The van der Waals surface area contributed by atoms with E-state index in [-0.39, 0.29) is 16.9 Å². The summed E-state index contributed by atoms with van der Waals surface area (Å²) in [6, 6.07) is 8.16. The summed E-state index contributed by atoms with van der Waals surface area (Å²) in [5.74, 6) is 0.310. The summed E-state index contributed by atoms with van der Waals surface area (Å²) in [5.41, 5.74) is 5.17. The highest BCUT2D eigenvalue weighted by atomic mass is 16.3. The molecule has 4 nitrogen and oxygen atoms in total. The molecule has 2 aromatic carbocycles. The van der Waals surface area contributed by atoms with Gasteiger partial charge in [-0.15, -0.1) is 0 Å². The quantitative estimate of drug-likeness (QED) is 0.533. The molecule has 0 amide bonds. The van der Waals surface area contributed by atoms with E-state index in [0.717, 1.165) is 22.3 Å². The molecule has 0 unspecified atom stereocenters. The minimum absolute atomic E-state index is 0.0473. The van der Waals surface area contributed by atoms with Crippen molar-refractivity contribution in [1.82, 2.24) is 0 Å². The number of aromatic hydroxyl groups is 2. The maximum Gasteiger partial charge on any atom is 0.200 e. The minimum atomic E-state index is -0.168. The van der Waals surface area contributed by atoms with E-state index >= 15 is 0 Å². The summed E-state index contributed by atoms with van der Waals surface area (Å²) in [6.45, 7) is 8.05. The van der Waals surface area contributed by atoms with Crippen molar-refractivity contribution in [2.75, 3.05) is 0 Å². The van der Waals surface area contributed by atoms with Crippen molar-refractivity contribution < 1.29 is 14.6 Å². The van der Waals surface area contributed by atoms with Crippen LogP contribution in [0.1, 0.15) is 38.8 Å². The number of rotatable bonds is 5. The summed E-state index contributed by atoms with van der Waals surface area (Å²) in [7, 11) is 0. The zero-order valence-electron chi connectivity index (χ0n) is 17.2. The van der Waals surface area contributed by atoms with Crippen LogP contribution in [0, 0.1) is 0 Å². The van der Waals surface area contributed by atoms with Crippen LogP contribution in [0.25, 0.3) is 22.1 Å². The third-order valence-electron chi connectivity index (χ3n) is 4.80. The molecule has 0 atom stereocenters. The number of hydrogen-bond acceptors (Lipinski definition) is 4. The average Bonchev–Trinajstić information content (AvgIpc) is 2.66. The molecule has 0 bridgehead atoms. The Morgan fingerprint density at radius 3 is 2.07 bits per heavy atom. The van der Waals surface area contributed by atoms with E-state index in [2.05, 4.69) is 12.2 Å². The third kappa shape index (κ3) is 4.60. The molecule has 0 saturated heterocycles. The molecular weight excluding hydrogens is 364 g/mol. The molecule has 0 radical (unpaired) electrons. The first-order chi connectivity index (χ1) is 13.8. The molecule has 0 spiro atoms. The molecule has 2 N–H and O–H groups in total. The molecule has 0 fully saturated rings. The van der Waals surface area contributed by atoms with Crippen LogP contribution in [0.4, 0.5) is 0 Å². The zero-order chi connectivity index (χ0) is 21.1. The number of phenols is 2. The highest BCUT2D eigenvalue weighted by Gasteiger charge is 2.15. The third-order valence-corrected chi connectivity index (χ3v) is 4.80. The zero-order valence-corrected chi connectivity index (χ0v) is 17.2. The Morgan fingerprint density at radius 2 is 1.52 bits per heavy atom. The van der Waals surface area contributed by atoms with E-state index < -0.39 is 0 Å². The summed E-state index contributed by atoms with van der Waals surface area (Å²) in [5, 5.41) is 20.8. The van der Waals surface area contributed by atoms with E-state index in [0.29, 0.717) is 34.9 Å². The Labute approximate surface area is 170 Å². The summed E-state index contributed by atoms with van der Waals surface area (Å²) in [4.78, 5) is 13.1. The smallest absolute Gasteiger partial charge is 0.200 e. The van der Waals surface area contributed by atoms with Gasteiger partial charge in [-0.25, -0.2) is 0 Å². The Hall–Kier alpha value is -3.27. The molecule has 150 valence electrons. The highest BCUT2D eigenvalue weighted by Crippen LogP contribution is 2.32. The minimum Gasteiger partial charge on any atom is -0.508 e. The number of benzene rings is 2. The second-order valence-corrected chi connectivity index (χ2v) is 7.77. The molecule has 0 aliphatic carbocycles. The summed E-state index contributed by atoms with van der Waals surface area (Å²) in [6.07, 6.45) is 6.68. The number of fused-ring (bicyclic) bond motifs is 1. The van der Waals surface area contributed by atoms with Crippen molar-refractivity contribution >= 4 is 11.0 Å². The van der Waals surface area contributed by atoms with Crippen molar-refractivity contribution in [3.8, 4) is 22.6 Å². The molecular formula is C25H26O4. The SMILES string of the molecule is CC(C)=CCc1cc(-c2coc3cc(O)ccc3c2=O)cc(CC=C(C)C)c1O. The lowest BCUT2D eigenvalue weighted by Gasteiger charge is -2.12. The lowest BCUT2D eigenvalue weighted by atomic mass is 9.95. The molecule has 1 heterocycles. The fraction of sp³-hybridized carbons (Fsp3) is 0.240. The Balaban J connectivity index is 2.20. The van der Waals surface area contributed by atoms with Crippen molar-refractivity contribution in [1.29, 1.82) is 0 Å². The molecule has 0 aliphatic rings. The van der Waals surface area contributed by atoms with Crippen LogP contribution >= 0.6 is 0 Å². The fourth-order valence-electron chi connectivity index (χ4n) is 3.17. The lowest BCUT2D eigenvalue weighted by Crippen LogP contribution is -2.05. The van der Waals surface area contributed by atoms with Crippen molar-refractivity contribution in [3.63, 3.8) is 0 Å². The van der Waals surface area contributed by atoms with Crippen LogP contribution in [-0.4, -0.2) is 10.2 Å². The van der Waals surface area contributed by atoms with E-state index in [1.807, 2.05) is 39.8 Å². The second kappa shape index (κ2) is 8.39. The maximum absolute atomic E-state index is 13.1. The first kappa shape index (κ1) is 20.5. The van der Waals surface area contributed by atoms with Gasteiger partial charge in [-0.1, -0.05) is 23.3 Å². The van der Waals surface area contributed by atoms with Crippen LogP contribution in [0.3, 0.4) is 0 Å². The Bertz CT molecular complexity index is 1130. The fourth-order valence-corrected chi connectivity index (χ4v) is 3.17. The molecule has 29 heavy (non-hydrogen) atoms. The van der Waals surface area contributed by atoms with E-state index in [4.69, 9.17) is 4.42 Å². The molecule has 3 aromatic rings. The average molecular weight is 390 g/mol. The van der Waals surface area contributed by atoms with Crippen molar-refractivity contribution in [2.45, 2.75) is 40.5 Å². The molecule has 1 aromatic heterocycles. The lowest BCUT2D eigenvalue weighted by molar-refractivity contribution is 0.464. The summed E-state index contributed by atoms with van der Waals surface area (Å²) < 4.78 is 5.62. The largest absolute Gasteiger partial charge is 0.508 e. The van der Waals surface area contributed by atoms with E-state index in [9.17, 15) is 15.0 Å². The maximum atomic E-state index is 13.1. The first-order valence-electron chi connectivity index (χ1n) is 9.62. The van der Waals surface area contributed by atoms with Gasteiger partial charge in [-0.05, 0) is 81.5 Å². The molecule has 4 heteroatoms. The predicted molar refractivity (Wildman–Crippen MR) is 118 cm³/mol. The van der Waals surface area contributed by atoms with Gasteiger partial charge >= 0.3 is 0 Å². The molecule has 0 saturated carbocycles. The number of hydrogen-bond donors (Lipinski definition) is 2. The summed E-state index contributed by atoms with van der Waals surface area (Å²) >= 11 is 0. The van der Waals surface area contributed by atoms with Gasteiger partial charge in [0.2, 0.25) is 0 Å². The first-order valence-corrected chi connectivity index (χ1v) is 9.62. The van der Waals surface area contributed by atoms with Gasteiger partial charge in [0, 0.05) is 6.07 Å². The molecule has 3 rings (SSSR count). The van der Waals surface area contributed by atoms with Crippen LogP contribution in [0.5, 0.6) is 11.5 Å². The number of phenolic OH excluding ortho intramolecular Hbond substituents is 2. The van der Waals surface area contributed by atoms with Gasteiger partial charge in [0.15, 0.2) is 5.43 Å². The van der Waals surface area contributed by atoms with Gasteiger partial charge in [0.25, 0.3) is 0 Å². The van der Waals surface area contributed by atoms with Gasteiger partial charge in [0.1, 0.15) is 23.3 Å². The Morgan fingerprint density at radius 1 is 0.931 bits per heavy atom. The van der Waals surface area contributed by atoms with Crippen molar-refractivity contribution in [2.24, 2.45) is 0 Å².